The lowest BCUT2D eigenvalue weighted by Crippen LogP contribution is -2.36. The molecule has 22 heavy (non-hydrogen) atoms. The average molecular weight is 307 g/mol. The Labute approximate surface area is 132 Å². The summed E-state index contributed by atoms with van der Waals surface area (Å²) < 4.78 is 10.5. The molecule has 0 atom stereocenters. The molecule has 1 rings (SSSR count). The second kappa shape index (κ2) is 9.07. The summed E-state index contributed by atoms with van der Waals surface area (Å²) in [4.78, 5) is 25.1. The van der Waals surface area contributed by atoms with Crippen molar-refractivity contribution in [3.8, 4) is 5.75 Å². The molecule has 1 aromatic carbocycles. The number of carbonyl (C=O) groups is 2. The van der Waals surface area contributed by atoms with Gasteiger partial charge in [-0.3, -0.25) is 9.59 Å². The standard InChI is InChI=1S/C17H25NO4/c1-5-18(11-10-17(20)21-6-2)16(19)12-22-15-9-7-8-13(3)14(15)4/h7-9H,5-6,10-12H2,1-4H3. The molecule has 0 aliphatic rings. The van der Waals surface area contributed by atoms with E-state index in [1.54, 1.807) is 11.8 Å². The Hall–Kier alpha value is -2.04. The van der Waals surface area contributed by atoms with Crippen molar-refractivity contribution in [3.63, 3.8) is 0 Å². The SMILES string of the molecule is CCOC(=O)CCN(CC)C(=O)COc1cccc(C)c1C. The molecule has 0 fully saturated rings. The van der Waals surface area contributed by atoms with Crippen LogP contribution in [0.1, 0.15) is 31.4 Å². The van der Waals surface area contributed by atoms with Gasteiger partial charge in [0.1, 0.15) is 5.75 Å². The van der Waals surface area contributed by atoms with Gasteiger partial charge in [-0.2, -0.15) is 0 Å². The molecule has 0 aromatic heterocycles. The molecule has 5 nitrogen and oxygen atoms in total. The zero-order valence-electron chi connectivity index (χ0n) is 13.8. The van der Waals surface area contributed by atoms with Crippen molar-refractivity contribution in [2.75, 3.05) is 26.3 Å². The first-order chi connectivity index (χ1) is 10.5. The first kappa shape index (κ1) is 18.0. The summed E-state index contributed by atoms with van der Waals surface area (Å²) >= 11 is 0. The number of hydrogen-bond donors (Lipinski definition) is 0. The van der Waals surface area contributed by atoms with E-state index in [4.69, 9.17) is 9.47 Å². The lowest BCUT2D eigenvalue weighted by molar-refractivity contribution is -0.144. The van der Waals surface area contributed by atoms with Crippen LogP contribution >= 0.6 is 0 Å². The normalized spacial score (nSPS) is 10.2. The van der Waals surface area contributed by atoms with Crippen molar-refractivity contribution in [1.82, 2.24) is 4.90 Å². The number of nitrogens with zero attached hydrogens (tertiary/aromatic N) is 1. The summed E-state index contributed by atoms with van der Waals surface area (Å²) in [6, 6.07) is 5.76. The van der Waals surface area contributed by atoms with Crippen molar-refractivity contribution in [3.05, 3.63) is 29.3 Å². The highest BCUT2D eigenvalue weighted by molar-refractivity contribution is 5.78. The lowest BCUT2D eigenvalue weighted by Gasteiger charge is -2.21. The molecule has 0 N–H and O–H groups in total. The van der Waals surface area contributed by atoms with Crippen LogP contribution in [-0.2, 0) is 14.3 Å². The summed E-state index contributed by atoms with van der Waals surface area (Å²) in [5.74, 6) is 0.298. The van der Waals surface area contributed by atoms with Gasteiger partial charge in [0.05, 0.1) is 13.0 Å². The number of rotatable bonds is 8. The third-order valence-corrected chi connectivity index (χ3v) is 3.53. The molecule has 0 bridgehead atoms. The predicted molar refractivity (Wildman–Crippen MR) is 84.9 cm³/mol. The van der Waals surface area contributed by atoms with Gasteiger partial charge in [0.2, 0.25) is 0 Å². The van der Waals surface area contributed by atoms with Crippen molar-refractivity contribution in [1.29, 1.82) is 0 Å². The van der Waals surface area contributed by atoms with Crippen molar-refractivity contribution < 1.29 is 19.1 Å². The van der Waals surface area contributed by atoms with E-state index in [1.165, 1.54) is 0 Å². The van der Waals surface area contributed by atoms with Gasteiger partial charge in [0.15, 0.2) is 6.61 Å². The van der Waals surface area contributed by atoms with Crippen molar-refractivity contribution >= 4 is 11.9 Å². The molecule has 0 radical (unpaired) electrons. The van der Waals surface area contributed by atoms with E-state index >= 15 is 0 Å². The second-order valence-corrected chi connectivity index (χ2v) is 5.02. The number of benzene rings is 1. The summed E-state index contributed by atoms with van der Waals surface area (Å²) in [5.41, 5.74) is 2.16. The molecule has 0 aliphatic heterocycles. The predicted octanol–water partition coefficient (Wildman–Crippen LogP) is 2.48. The van der Waals surface area contributed by atoms with Gasteiger partial charge in [0, 0.05) is 13.1 Å². The zero-order chi connectivity index (χ0) is 16.5. The maximum atomic E-state index is 12.2. The van der Waals surface area contributed by atoms with E-state index in [-0.39, 0.29) is 24.9 Å². The number of amides is 1. The minimum Gasteiger partial charge on any atom is -0.483 e. The van der Waals surface area contributed by atoms with E-state index in [1.807, 2.05) is 39.0 Å². The van der Waals surface area contributed by atoms with E-state index in [2.05, 4.69) is 0 Å². The Morgan fingerprint density at radius 2 is 1.91 bits per heavy atom. The first-order valence-electron chi connectivity index (χ1n) is 7.62. The first-order valence-corrected chi connectivity index (χ1v) is 7.62. The number of esters is 1. The van der Waals surface area contributed by atoms with Crippen molar-refractivity contribution in [2.45, 2.75) is 34.1 Å². The largest absolute Gasteiger partial charge is 0.483 e. The van der Waals surface area contributed by atoms with Crippen LogP contribution < -0.4 is 4.74 Å². The molecule has 0 heterocycles. The van der Waals surface area contributed by atoms with E-state index < -0.39 is 0 Å². The van der Waals surface area contributed by atoms with Crippen LogP contribution in [0.5, 0.6) is 5.75 Å². The minimum absolute atomic E-state index is 0.0268. The van der Waals surface area contributed by atoms with E-state index in [9.17, 15) is 9.59 Å². The van der Waals surface area contributed by atoms with Crippen LogP contribution in [0.25, 0.3) is 0 Å². The fourth-order valence-electron chi connectivity index (χ4n) is 2.03. The highest BCUT2D eigenvalue weighted by atomic mass is 16.5. The lowest BCUT2D eigenvalue weighted by atomic mass is 10.1. The van der Waals surface area contributed by atoms with Gasteiger partial charge >= 0.3 is 5.97 Å². The summed E-state index contributed by atoms with van der Waals surface area (Å²) in [6.45, 7) is 8.82. The van der Waals surface area contributed by atoms with E-state index in [0.717, 1.165) is 16.9 Å². The van der Waals surface area contributed by atoms with Crippen LogP contribution in [0.3, 0.4) is 0 Å². The van der Waals surface area contributed by atoms with Crippen molar-refractivity contribution in [2.24, 2.45) is 0 Å². The van der Waals surface area contributed by atoms with Crippen LogP contribution in [0.4, 0.5) is 0 Å². The molecule has 122 valence electrons. The average Bonchev–Trinajstić information content (AvgIpc) is 2.49. The quantitative estimate of drug-likeness (QED) is 0.692. The number of aryl methyl sites for hydroxylation is 1. The Morgan fingerprint density at radius 3 is 2.55 bits per heavy atom. The molecule has 0 saturated heterocycles. The zero-order valence-corrected chi connectivity index (χ0v) is 13.8. The highest BCUT2D eigenvalue weighted by Crippen LogP contribution is 2.20. The van der Waals surface area contributed by atoms with Crippen LogP contribution in [-0.4, -0.2) is 43.1 Å². The molecule has 0 saturated carbocycles. The fourth-order valence-corrected chi connectivity index (χ4v) is 2.03. The Bertz CT molecular complexity index is 513. The molecular weight excluding hydrogens is 282 g/mol. The molecule has 5 heteroatoms. The molecule has 1 amide bonds. The Kier molecular flexibility index (Phi) is 7.43. The number of carbonyl (C=O) groups excluding carboxylic acids is 2. The van der Waals surface area contributed by atoms with Gasteiger partial charge in [-0.05, 0) is 44.9 Å². The maximum Gasteiger partial charge on any atom is 0.307 e. The monoisotopic (exact) mass is 307 g/mol. The van der Waals surface area contributed by atoms with Gasteiger partial charge < -0.3 is 14.4 Å². The van der Waals surface area contributed by atoms with Crippen LogP contribution in [0.2, 0.25) is 0 Å². The van der Waals surface area contributed by atoms with Gasteiger partial charge in [-0.1, -0.05) is 12.1 Å². The molecule has 0 unspecified atom stereocenters. The fraction of sp³-hybridized carbons (Fsp3) is 0.529. The van der Waals surface area contributed by atoms with Gasteiger partial charge in [-0.15, -0.1) is 0 Å². The Morgan fingerprint density at radius 1 is 1.18 bits per heavy atom. The smallest absolute Gasteiger partial charge is 0.307 e. The maximum absolute atomic E-state index is 12.2. The number of ether oxygens (including phenoxy) is 2. The third kappa shape index (κ3) is 5.39. The Balaban J connectivity index is 2.51. The summed E-state index contributed by atoms with van der Waals surface area (Å²) in [6.07, 6.45) is 0.205. The second-order valence-electron chi connectivity index (χ2n) is 5.02. The van der Waals surface area contributed by atoms with Crippen LogP contribution in [0, 0.1) is 13.8 Å². The van der Waals surface area contributed by atoms with Crippen LogP contribution in [0.15, 0.2) is 18.2 Å². The van der Waals surface area contributed by atoms with Gasteiger partial charge in [-0.25, -0.2) is 0 Å². The highest BCUT2D eigenvalue weighted by Gasteiger charge is 2.15. The summed E-state index contributed by atoms with van der Waals surface area (Å²) in [5, 5.41) is 0. The van der Waals surface area contributed by atoms with E-state index in [0.29, 0.717) is 19.7 Å². The molecular formula is C17H25NO4. The third-order valence-electron chi connectivity index (χ3n) is 3.53. The topological polar surface area (TPSA) is 55.8 Å². The molecule has 0 spiro atoms. The number of hydrogen-bond acceptors (Lipinski definition) is 4. The molecule has 1 aromatic rings. The molecule has 0 aliphatic carbocycles. The number of likely N-dealkylation sites (N-methyl/N-ethyl adjacent to an activating group) is 1. The summed E-state index contributed by atoms with van der Waals surface area (Å²) in [7, 11) is 0. The van der Waals surface area contributed by atoms with Gasteiger partial charge in [0.25, 0.3) is 5.91 Å². The minimum atomic E-state index is -0.288.